The van der Waals surface area contributed by atoms with E-state index in [1.807, 2.05) is 5.38 Å². The van der Waals surface area contributed by atoms with Crippen molar-refractivity contribution in [3.63, 3.8) is 0 Å². The average molecular weight is 588 g/mol. The molecule has 38 heavy (non-hydrogen) atoms. The number of nitrogens with zero attached hydrogens (tertiary/aromatic N) is 4. The SMILES string of the molecule is COc1ccc(OC)c(-n2c(SCC(=O)Nc3nc(-c4ccc(Cl)cc4Cl)cs3)nnc2-c2ccco2)c1. The van der Waals surface area contributed by atoms with Crippen molar-refractivity contribution in [1.82, 2.24) is 19.7 Å². The van der Waals surface area contributed by atoms with Crippen LogP contribution in [0.5, 0.6) is 11.5 Å². The summed E-state index contributed by atoms with van der Waals surface area (Å²) in [5, 5.41) is 15.2. The van der Waals surface area contributed by atoms with Crippen molar-refractivity contribution in [3.05, 3.63) is 70.2 Å². The van der Waals surface area contributed by atoms with Crippen LogP contribution in [0.3, 0.4) is 0 Å². The number of anilines is 1. The average Bonchev–Trinajstić information content (AvgIpc) is 3.68. The van der Waals surface area contributed by atoms with E-state index in [2.05, 4.69) is 20.5 Å². The minimum absolute atomic E-state index is 0.0547. The minimum Gasteiger partial charge on any atom is -0.497 e. The molecule has 0 saturated carbocycles. The standard InChI is InChI=1S/C25H19Cl2N5O4S2/c1-34-15-6-8-20(35-2)19(11-15)32-23(21-4-3-9-36-21)30-31-25(32)38-13-22(33)29-24-28-18(12-37-24)16-7-5-14(26)10-17(16)27/h3-12H,13H2,1-2H3,(H,28,29,33). The molecule has 0 radical (unpaired) electrons. The smallest absolute Gasteiger partial charge is 0.236 e. The van der Waals surface area contributed by atoms with Crippen molar-refractivity contribution in [2.24, 2.45) is 0 Å². The normalized spacial score (nSPS) is 10.9. The maximum Gasteiger partial charge on any atom is 0.236 e. The monoisotopic (exact) mass is 587 g/mol. The highest BCUT2D eigenvalue weighted by Crippen LogP contribution is 2.36. The number of nitrogens with one attached hydrogen (secondary N) is 1. The lowest BCUT2D eigenvalue weighted by atomic mass is 10.2. The Kier molecular flexibility index (Phi) is 7.89. The zero-order valence-corrected chi connectivity index (χ0v) is 23.1. The summed E-state index contributed by atoms with van der Waals surface area (Å²) in [6, 6.07) is 14.1. The van der Waals surface area contributed by atoms with Gasteiger partial charge in [0.15, 0.2) is 16.0 Å². The van der Waals surface area contributed by atoms with Gasteiger partial charge in [-0.15, -0.1) is 21.5 Å². The van der Waals surface area contributed by atoms with E-state index in [4.69, 9.17) is 37.1 Å². The maximum absolute atomic E-state index is 12.8. The van der Waals surface area contributed by atoms with E-state index in [0.29, 0.717) is 54.8 Å². The number of amides is 1. The molecule has 0 saturated heterocycles. The highest BCUT2D eigenvalue weighted by Gasteiger charge is 2.22. The van der Waals surface area contributed by atoms with Gasteiger partial charge in [-0.05, 0) is 42.5 Å². The third kappa shape index (κ3) is 5.51. The molecule has 3 heterocycles. The molecular formula is C25H19Cl2N5O4S2. The summed E-state index contributed by atoms with van der Waals surface area (Å²) in [5.41, 5.74) is 2.01. The van der Waals surface area contributed by atoms with E-state index in [1.165, 1.54) is 23.1 Å². The maximum atomic E-state index is 12.8. The molecule has 3 aromatic heterocycles. The summed E-state index contributed by atoms with van der Waals surface area (Å²) < 4.78 is 18.3. The second-order valence-corrected chi connectivity index (χ2v) is 10.3. The number of thioether (sulfide) groups is 1. The van der Waals surface area contributed by atoms with Gasteiger partial charge in [-0.1, -0.05) is 35.0 Å². The molecular weight excluding hydrogens is 569 g/mol. The number of furan rings is 1. The first-order valence-corrected chi connectivity index (χ1v) is 13.6. The summed E-state index contributed by atoms with van der Waals surface area (Å²) in [6.45, 7) is 0. The fourth-order valence-corrected chi connectivity index (χ4v) is 5.53. The number of aromatic nitrogens is 4. The molecule has 0 spiro atoms. The first-order chi connectivity index (χ1) is 18.5. The molecule has 1 N–H and O–H groups in total. The first-order valence-electron chi connectivity index (χ1n) is 11.0. The Balaban J connectivity index is 1.37. The molecule has 0 aliphatic rings. The number of methoxy groups -OCH3 is 2. The number of rotatable bonds is 9. The van der Waals surface area contributed by atoms with Gasteiger partial charge in [0.05, 0.1) is 42.6 Å². The van der Waals surface area contributed by atoms with Gasteiger partial charge in [0.1, 0.15) is 11.5 Å². The van der Waals surface area contributed by atoms with Gasteiger partial charge >= 0.3 is 0 Å². The van der Waals surface area contributed by atoms with E-state index in [1.54, 1.807) is 73.6 Å². The Hall–Kier alpha value is -3.51. The van der Waals surface area contributed by atoms with Crippen LogP contribution in [0.1, 0.15) is 0 Å². The van der Waals surface area contributed by atoms with E-state index in [0.717, 1.165) is 5.56 Å². The largest absolute Gasteiger partial charge is 0.497 e. The van der Waals surface area contributed by atoms with Gasteiger partial charge in [-0.2, -0.15) is 0 Å². The Labute approximate surface area is 235 Å². The number of carbonyl (C=O) groups excluding carboxylic acids is 1. The number of thiazole rings is 1. The van der Waals surface area contributed by atoms with Gasteiger partial charge < -0.3 is 19.2 Å². The molecule has 5 rings (SSSR count). The Bertz CT molecular complexity index is 1590. The zero-order valence-electron chi connectivity index (χ0n) is 20.0. The van der Waals surface area contributed by atoms with Crippen molar-refractivity contribution in [1.29, 1.82) is 0 Å². The number of hydrogen-bond acceptors (Lipinski definition) is 9. The predicted molar refractivity (Wildman–Crippen MR) is 149 cm³/mol. The Morgan fingerprint density at radius 2 is 2.00 bits per heavy atom. The summed E-state index contributed by atoms with van der Waals surface area (Å²) in [5.74, 6) is 1.95. The number of hydrogen-bond donors (Lipinski definition) is 1. The predicted octanol–water partition coefficient (Wildman–Crippen LogP) is 6.71. The second kappa shape index (κ2) is 11.5. The van der Waals surface area contributed by atoms with E-state index in [9.17, 15) is 4.79 Å². The first kappa shape index (κ1) is 26.1. The summed E-state index contributed by atoms with van der Waals surface area (Å²) in [6.07, 6.45) is 1.55. The van der Waals surface area contributed by atoms with Crippen molar-refractivity contribution < 1.29 is 18.7 Å². The van der Waals surface area contributed by atoms with Crippen molar-refractivity contribution in [2.75, 3.05) is 25.3 Å². The third-order valence-corrected chi connectivity index (χ3v) is 7.53. The van der Waals surface area contributed by atoms with E-state index in [-0.39, 0.29) is 11.7 Å². The van der Waals surface area contributed by atoms with Gasteiger partial charge in [0.25, 0.3) is 0 Å². The van der Waals surface area contributed by atoms with Gasteiger partial charge in [-0.25, -0.2) is 4.98 Å². The summed E-state index contributed by atoms with van der Waals surface area (Å²) in [7, 11) is 3.15. The highest BCUT2D eigenvalue weighted by atomic mass is 35.5. The van der Waals surface area contributed by atoms with Crippen LogP contribution < -0.4 is 14.8 Å². The van der Waals surface area contributed by atoms with Crippen LogP contribution in [0, 0.1) is 0 Å². The van der Waals surface area contributed by atoms with Crippen LogP contribution in [0.2, 0.25) is 10.0 Å². The molecule has 1 amide bonds. The quantitative estimate of drug-likeness (QED) is 0.190. The molecule has 13 heteroatoms. The topological polar surface area (TPSA) is 104 Å². The van der Waals surface area contributed by atoms with Crippen molar-refractivity contribution in [3.8, 4) is 40.0 Å². The van der Waals surface area contributed by atoms with Crippen LogP contribution in [0.15, 0.2) is 69.7 Å². The van der Waals surface area contributed by atoms with Crippen molar-refractivity contribution in [2.45, 2.75) is 5.16 Å². The van der Waals surface area contributed by atoms with Crippen LogP contribution in [-0.2, 0) is 4.79 Å². The second-order valence-electron chi connectivity index (χ2n) is 7.66. The third-order valence-electron chi connectivity index (χ3n) is 5.29. The Morgan fingerprint density at radius 3 is 2.74 bits per heavy atom. The fourth-order valence-electron chi connectivity index (χ4n) is 3.56. The van der Waals surface area contributed by atoms with Gasteiger partial charge in [0.2, 0.25) is 11.7 Å². The number of benzene rings is 2. The number of halogens is 2. The molecule has 0 aliphatic heterocycles. The molecule has 9 nitrogen and oxygen atoms in total. The highest BCUT2D eigenvalue weighted by molar-refractivity contribution is 7.99. The van der Waals surface area contributed by atoms with Gasteiger partial charge in [0, 0.05) is 22.0 Å². The molecule has 2 aromatic carbocycles. The number of ether oxygens (including phenoxy) is 2. The van der Waals surface area contributed by atoms with E-state index < -0.39 is 0 Å². The van der Waals surface area contributed by atoms with Crippen LogP contribution in [0.25, 0.3) is 28.5 Å². The molecule has 0 unspecified atom stereocenters. The van der Waals surface area contributed by atoms with Gasteiger partial charge in [-0.3, -0.25) is 9.36 Å². The van der Waals surface area contributed by atoms with Crippen LogP contribution in [-0.4, -0.2) is 45.6 Å². The Morgan fingerprint density at radius 1 is 1.13 bits per heavy atom. The number of carbonyl (C=O) groups is 1. The molecule has 0 atom stereocenters. The van der Waals surface area contributed by atoms with Crippen LogP contribution in [0.4, 0.5) is 5.13 Å². The molecule has 194 valence electrons. The lowest BCUT2D eigenvalue weighted by Crippen LogP contribution is -2.14. The zero-order chi connectivity index (χ0) is 26.6. The lowest BCUT2D eigenvalue weighted by molar-refractivity contribution is -0.113. The van der Waals surface area contributed by atoms with E-state index >= 15 is 0 Å². The molecule has 5 aromatic rings. The molecule has 0 bridgehead atoms. The minimum atomic E-state index is -0.259. The summed E-state index contributed by atoms with van der Waals surface area (Å²) in [4.78, 5) is 17.3. The summed E-state index contributed by atoms with van der Waals surface area (Å²) >= 11 is 14.8. The molecule has 0 fully saturated rings. The molecule has 0 aliphatic carbocycles. The van der Waals surface area contributed by atoms with Crippen molar-refractivity contribution >= 4 is 57.3 Å². The lowest BCUT2D eigenvalue weighted by Gasteiger charge is -2.14. The fraction of sp³-hybridized carbons (Fsp3) is 0.120. The van der Waals surface area contributed by atoms with Crippen LogP contribution >= 0.6 is 46.3 Å².